The number of nitrogens with zero attached hydrogens (tertiary/aromatic N) is 6. The first kappa shape index (κ1) is 43.7. The maximum atomic E-state index is 14.1. The molecule has 0 radical (unpaired) electrons. The number of anilines is 2. The molecule has 15 nitrogen and oxygen atoms in total. The SMILES string of the molecule is CN1CCN(C[C@H]2Cc3cc(S(=O)(=O)NC(=O)c4ccc(N5CCN(CC6=C(c7ccc(Cl)cc7)CC(C)(C)CC6)CC5)cc4Oc4cnc5[nH]ccc5c4)cc([N+](=O)[O-])c3N2)CC1. The molecule has 1 atom stereocenters. The lowest BCUT2D eigenvalue weighted by Gasteiger charge is -2.39. The van der Waals surface area contributed by atoms with Crippen molar-refractivity contribution in [1.82, 2.24) is 29.4 Å². The molecule has 17 heteroatoms. The Morgan fingerprint density at radius 2 is 1.73 bits per heavy atom. The van der Waals surface area contributed by atoms with Crippen LogP contribution in [-0.4, -0.2) is 122 Å². The summed E-state index contributed by atoms with van der Waals surface area (Å²) in [6, 6.07) is 19.3. The fraction of sp³-hybridized carbons (Fsp3) is 0.404. The highest BCUT2D eigenvalue weighted by atomic mass is 35.5. The van der Waals surface area contributed by atoms with Crippen molar-refractivity contribution >= 4 is 61.2 Å². The monoisotopic (exact) mass is 907 g/mol. The van der Waals surface area contributed by atoms with Crippen molar-refractivity contribution in [3.05, 3.63) is 117 Å². The molecule has 0 spiro atoms. The van der Waals surface area contributed by atoms with Crippen LogP contribution in [0.2, 0.25) is 5.02 Å². The maximum Gasteiger partial charge on any atom is 0.293 e. The van der Waals surface area contributed by atoms with Crippen molar-refractivity contribution in [1.29, 1.82) is 0 Å². The van der Waals surface area contributed by atoms with Gasteiger partial charge in [0.25, 0.3) is 21.6 Å². The Morgan fingerprint density at radius 1 is 0.984 bits per heavy atom. The first-order chi connectivity index (χ1) is 30.7. The second-order valence-electron chi connectivity index (χ2n) is 18.4. The molecule has 3 aliphatic heterocycles. The van der Waals surface area contributed by atoms with E-state index in [1.54, 1.807) is 30.5 Å². The molecule has 3 aromatic carbocycles. The number of aromatic amines is 1. The van der Waals surface area contributed by atoms with Crippen LogP contribution in [0.3, 0.4) is 0 Å². The van der Waals surface area contributed by atoms with Gasteiger partial charge in [0.05, 0.1) is 21.6 Å². The average Bonchev–Trinajstić information content (AvgIpc) is 3.91. The van der Waals surface area contributed by atoms with Crippen LogP contribution in [0.4, 0.5) is 17.1 Å². The molecule has 3 N–H and O–H groups in total. The third kappa shape index (κ3) is 9.61. The largest absolute Gasteiger partial charge is 0.455 e. The zero-order chi connectivity index (χ0) is 44.8. The van der Waals surface area contributed by atoms with Crippen molar-refractivity contribution in [3.8, 4) is 11.5 Å². The number of amides is 1. The van der Waals surface area contributed by atoms with Crippen molar-refractivity contribution < 1.29 is 22.9 Å². The van der Waals surface area contributed by atoms with Gasteiger partial charge in [-0.25, -0.2) is 18.1 Å². The van der Waals surface area contributed by atoms with Crippen molar-refractivity contribution in [2.45, 2.75) is 50.5 Å². The van der Waals surface area contributed by atoms with Gasteiger partial charge in [-0.1, -0.05) is 43.2 Å². The molecular weight excluding hydrogens is 854 g/mol. The summed E-state index contributed by atoms with van der Waals surface area (Å²) in [6.07, 6.45) is 6.92. The van der Waals surface area contributed by atoms with Crippen LogP contribution in [0.15, 0.2) is 89.6 Å². The van der Waals surface area contributed by atoms with Gasteiger partial charge in [0.15, 0.2) is 0 Å². The number of rotatable bonds is 12. The summed E-state index contributed by atoms with van der Waals surface area (Å²) in [6.45, 7) is 13.0. The molecule has 5 aromatic rings. The van der Waals surface area contributed by atoms with Gasteiger partial charge >= 0.3 is 0 Å². The number of carbonyl (C=O) groups is 1. The van der Waals surface area contributed by atoms with Crippen LogP contribution >= 0.6 is 11.6 Å². The Kier molecular flexibility index (Phi) is 12.2. The highest BCUT2D eigenvalue weighted by Crippen LogP contribution is 2.44. The number of fused-ring (bicyclic) bond motifs is 2. The number of likely N-dealkylation sites (N-methyl/N-ethyl adjacent to an activating group) is 1. The molecular formula is C47H54ClN9O6S. The lowest BCUT2D eigenvalue weighted by atomic mass is 9.72. The predicted molar refractivity (Wildman–Crippen MR) is 250 cm³/mol. The Hall–Kier alpha value is -5.52. The molecule has 2 saturated heterocycles. The number of ether oxygens (including phenoxy) is 1. The number of pyridine rings is 1. The highest BCUT2D eigenvalue weighted by Gasteiger charge is 2.34. The third-order valence-electron chi connectivity index (χ3n) is 13.1. The van der Waals surface area contributed by atoms with E-state index < -0.39 is 20.9 Å². The van der Waals surface area contributed by atoms with Gasteiger partial charge in [0.1, 0.15) is 22.8 Å². The van der Waals surface area contributed by atoms with E-state index in [1.807, 2.05) is 18.2 Å². The first-order valence-electron chi connectivity index (χ1n) is 21.9. The van der Waals surface area contributed by atoms with Crippen LogP contribution in [0.1, 0.15) is 54.6 Å². The van der Waals surface area contributed by atoms with Crippen LogP contribution in [0, 0.1) is 15.5 Å². The second-order valence-corrected chi connectivity index (χ2v) is 20.5. The number of hydrogen-bond donors (Lipinski definition) is 3. The van der Waals surface area contributed by atoms with Crippen molar-refractivity contribution in [3.63, 3.8) is 0 Å². The van der Waals surface area contributed by atoms with E-state index >= 15 is 0 Å². The van der Waals surface area contributed by atoms with E-state index in [0.29, 0.717) is 35.6 Å². The van der Waals surface area contributed by atoms with E-state index in [4.69, 9.17) is 16.3 Å². The lowest BCUT2D eigenvalue weighted by molar-refractivity contribution is -0.384. The summed E-state index contributed by atoms with van der Waals surface area (Å²) < 4.78 is 36.5. The summed E-state index contributed by atoms with van der Waals surface area (Å²) in [5.74, 6) is -0.432. The quantitative estimate of drug-likeness (QED) is 0.0839. The molecule has 0 bridgehead atoms. The number of nitrogens with one attached hydrogen (secondary N) is 3. The fourth-order valence-corrected chi connectivity index (χ4v) is 10.6. The van der Waals surface area contributed by atoms with Crippen molar-refractivity contribution in [2.75, 3.05) is 82.7 Å². The minimum absolute atomic E-state index is 0.0217. The smallest absolute Gasteiger partial charge is 0.293 e. The number of aromatic nitrogens is 2. The second kappa shape index (κ2) is 17.8. The summed E-state index contributed by atoms with van der Waals surface area (Å²) >= 11 is 6.25. The van der Waals surface area contributed by atoms with Gasteiger partial charge in [-0.3, -0.25) is 24.7 Å². The third-order valence-corrected chi connectivity index (χ3v) is 14.7. The van der Waals surface area contributed by atoms with Crippen molar-refractivity contribution in [2.24, 2.45) is 5.41 Å². The minimum atomic E-state index is -4.57. The van der Waals surface area contributed by atoms with E-state index in [0.717, 1.165) is 100 Å². The number of piperazine rings is 2. The maximum absolute atomic E-state index is 14.1. The minimum Gasteiger partial charge on any atom is -0.455 e. The highest BCUT2D eigenvalue weighted by molar-refractivity contribution is 7.90. The Labute approximate surface area is 378 Å². The van der Waals surface area contributed by atoms with Gasteiger partial charge in [-0.2, -0.15) is 0 Å². The van der Waals surface area contributed by atoms with Gasteiger partial charge in [-0.15, -0.1) is 0 Å². The molecule has 0 saturated carbocycles. The molecule has 2 aromatic heterocycles. The van der Waals surface area contributed by atoms with Crippen LogP contribution in [0.25, 0.3) is 16.6 Å². The Bertz CT molecular complexity index is 2720. The van der Waals surface area contributed by atoms with Crippen LogP contribution in [-0.2, 0) is 16.4 Å². The molecule has 5 heterocycles. The topological polar surface area (TPSA) is 169 Å². The number of sulfonamides is 1. The molecule has 64 heavy (non-hydrogen) atoms. The van der Waals surface area contributed by atoms with E-state index in [9.17, 15) is 23.3 Å². The Morgan fingerprint density at radius 3 is 2.48 bits per heavy atom. The predicted octanol–water partition coefficient (Wildman–Crippen LogP) is 7.41. The Balaban J connectivity index is 0.936. The number of nitro benzene ring substituents is 1. The van der Waals surface area contributed by atoms with E-state index in [2.05, 4.69) is 72.6 Å². The molecule has 336 valence electrons. The number of carbonyl (C=O) groups excluding carboxylic acids is 1. The molecule has 4 aliphatic rings. The molecule has 1 aliphatic carbocycles. The summed E-state index contributed by atoms with van der Waals surface area (Å²) in [4.78, 5) is 42.2. The van der Waals surface area contributed by atoms with E-state index in [1.165, 1.54) is 29.0 Å². The van der Waals surface area contributed by atoms with Gasteiger partial charge < -0.3 is 24.8 Å². The molecule has 0 unspecified atom stereocenters. The van der Waals surface area contributed by atoms with Crippen LogP contribution < -0.4 is 19.7 Å². The standard InChI is InChI=1S/C47H54ClN9O6S/c1-47(2)12-10-33(41(27-47)31-4-6-35(48)7-5-31)29-54-18-20-56(21-19-54)37-8-9-40(43(25-37)63-38-23-32-11-13-49-45(32)50-28-38)46(58)52-64(61,62)39-24-34-22-36(30-55-16-14-53(3)15-17-55)51-44(34)42(26-39)57(59)60/h4-9,11,13,23-26,28,36,51H,10,12,14-22,27,29-30H2,1-3H3,(H,49,50)(H,52,58)/t36-/m1/s1. The lowest BCUT2D eigenvalue weighted by Crippen LogP contribution is -2.47. The first-order valence-corrected chi connectivity index (χ1v) is 23.8. The fourth-order valence-electron chi connectivity index (χ4n) is 9.47. The number of allylic oxidation sites excluding steroid dienone is 1. The van der Waals surface area contributed by atoms with Gasteiger partial charge in [-0.05, 0) is 97.3 Å². The number of halogens is 1. The number of hydrogen-bond acceptors (Lipinski definition) is 12. The van der Waals surface area contributed by atoms with Gasteiger partial charge in [0.2, 0.25) is 0 Å². The molecule has 2 fully saturated rings. The van der Waals surface area contributed by atoms with Gasteiger partial charge in [0, 0.05) is 106 Å². The zero-order valence-electron chi connectivity index (χ0n) is 36.4. The number of nitro groups is 1. The normalized spacial score (nSPS) is 19.7. The summed E-state index contributed by atoms with van der Waals surface area (Å²) in [7, 11) is -2.49. The summed E-state index contributed by atoms with van der Waals surface area (Å²) in [5, 5.41) is 17.1. The zero-order valence-corrected chi connectivity index (χ0v) is 38.0. The molecule has 9 rings (SSSR count). The number of H-pyrrole nitrogens is 1. The average molecular weight is 909 g/mol. The summed E-state index contributed by atoms with van der Waals surface area (Å²) in [5.41, 5.74) is 6.28. The number of benzene rings is 3. The van der Waals surface area contributed by atoms with E-state index in [-0.39, 0.29) is 33.4 Å². The van der Waals surface area contributed by atoms with Crippen LogP contribution in [0.5, 0.6) is 11.5 Å². The molecule has 1 amide bonds.